The van der Waals surface area contributed by atoms with Crippen LogP contribution >= 0.6 is 0 Å². The molecule has 0 unspecified atom stereocenters. The number of rotatable bonds is 5. The Hall–Kier alpha value is -3.94. The fourth-order valence-electron chi connectivity index (χ4n) is 3.65. The van der Waals surface area contributed by atoms with Crippen LogP contribution in [0.5, 0.6) is 5.88 Å². The fraction of sp³-hybridized carbons (Fsp3) is 0.217. The Balaban J connectivity index is 1.49. The van der Waals surface area contributed by atoms with E-state index in [2.05, 4.69) is 26.5 Å². The number of aryl methyl sites for hydroxylation is 1. The van der Waals surface area contributed by atoms with Crippen LogP contribution in [0.15, 0.2) is 60.3 Å². The molecule has 1 aliphatic rings. The maximum Gasteiger partial charge on any atom is 0.216 e. The summed E-state index contributed by atoms with van der Waals surface area (Å²) >= 11 is 0. The summed E-state index contributed by atoms with van der Waals surface area (Å²) in [6.07, 6.45) is 9.42. The zero-order valence-electron chi connectivity index (χ0n) is 17.4. The number of aromatic nitrogens is 4. The smallest absolute Gasteiger partial charge is 0.216 e. The molecule has 0 spiro atoms. The summed E-state index contributed by atoms with van der Waals surface area (Å²) in [6.45, 7) is 2.63. The third-order valence-electron chi connectivity index (χ3n) is 5.22. The van der Waals surface area contributed by atoms with Crippen molar-refractivity contribution in [3.05, 3.63) is 66.2 Å². The Morgan fingerprint density at radius 1 is 1.23 bits per heavy atom. The van der Waals surface area contributed by atoms with E-state index in [-0.39, 0.29) is 0 Å². The molecule has 0 aliphatic carbocycles. The number of anilines is 2. The summed E-state index contributed by atoms with van der Waals surface area (Å²) < 4.78 is 7.60. The number of nitrogens with one attached hydrogen (secondary N) is 1. The highest BCUT2D eigenvalue weighted by molar-refractivity contribution is 5.98. The number of fused-ring (bicyclic) bond motifs is 2. The maximum atomic E-state index is 5.64. The van der Waals surface area contributed by atoms with E-state index in [4.69, 9.17) is 14.6 Å². The molecule has 8 nitrogen and oxygen atoms in total. The topological polar surface area (TPSA) is 85.9 Å². The monoisotopic (exact) mass is 414 g/mol. The number of pyridine rings is 1. The highest BCUT2D eigenvalue weighted by Gasteiger charge is 2.15. The molecule has 8 heteroatoms. The minimum Gasteiger partial charge on any atom is -0.477 e. The largest absolute Gasteiger partial charge is 0.477 e. The molecule has 0 atom stereocenters. The van der Waals surface area contributed by atoms with Crippen molar-refractivity contribution < 1.29 is 9.57 Å². The molecule has 0 saturated heterocycles. The van der Waals surface area contributed by atoms with Crippen molar-refractivity contribution >= 4 is 22.9 Å². The Kier molecular flexibility index (Phi) is 4.95. The predicted molar refractivity (Wildman–Crippen MR) is 119 cm³/mol. The highest BCUT2D eigenvalue weighted by Crippen LogP contribution is 2.29. The molecule has 0 saturated carbocycles. The van der Waals surface area contributed by atoms with E-state index in [0.29, 0.717) is 5.82 Å². The molecule has 5 rings (SSSR count). The van der Waals surface area contributed by atoms with E-state index in [1.54, 1.807) is 13.3 Å². The molecule has 3 aromatic heterocycles. The van der Waals surface area contributed by atoms with Crippen molar-refractivity contribution in [2.45, 2.75) is 19.8 Å². The average molecular weight is 414 g/mol. The Bertz CT molecular complexity index is 1260. The summed E-state index contributed by atoms with van der Waals surface area (Å²) in [5.74, 6) is 1.40. The van der Waals surface area contributed by atoms with Gasteiger partial charge in [-0.05, 0) is 43.5 Å². The van der Waals surface area contributed by atoms with Crippen molar-refractivity contribution in [3.8, 4) is 17.1 Å². The molecule has 0 radical (unpaired) electrons. The van der Waals surface area contributed by atoms with Gasteiger partial charge < -0.3 is 19.3 Å². The van der Waals surface area contributed by atoms with Crippen LogP contribution in [-0.4, -0.2) is 38.8 Å². The summed E-state index contributed by atoms with van der Waals surface area (Å²) in [5.41, 5.74) is 6.34. The standard InChI is InChI=1S/C23H22N6O2/c1-15(28-30-2)16-5-7-19(8-6-16)26-21-22-24-9-10-29(22)14-20(27-21)18-12-17-4-3-11-31-23(17)25-13-18/h5-10,12-14H,3-4,11H2,1-2H3,(H,26,27)/b28-15+. The van der Waals surface area contributed by atoms with Crippen LogP contribution in [0.4, 0.5) is 11.5 Å². The van der Waals surface area contributed by atoms with Gasteiger partial charge in [-0.3, -0.25) is 0 Å². The molecule has 4 aromatic rings. The van der Waals surface area contributed by atoms with Crippen LogP contribution in [0.1, 0.15) is 24.5 Å². The van der Waals surface area contributed by atoms with E-state index in [0.717, 1.165) is 64.8 Å². The first-order valence-corrected chi connectivity index (χ1v) is 10.1. The van der Waals surface area contributed by atoms with E-state index in [1.165, 1.54) is 0 Å². The zero-order chi connectivity index (χ0) is 21.2. The van der Waals surface area contributed by atoms with Gasteiger partial charge in [0.1, 0.15) is 7.11 Å². The first-order chi connectivity index (χ1) is 15.2. The van der Waals surface area contributed by atoms with E-state index in [9.17, 15) is 0 Å². The third-order valence-corrected chi connectivity index (χ3v) is 5.22. The minimum absolute atomic E-state index is 0.673. The van der Waals surface area contributed by atoms with Gasteiger partial charge in [0.2, 0.25) is 5.88 Å². The third kappa shape index (κ3) is 3.79. The van der Waals surface area contributed by atoms with E-state index in [1.807, 2.05) is 54.2 Å². The maximum absolute atomic E-state index is 5.64. The van der Waals surface area contributed by atoms with Gasteiger partial charge in [0, 0.05) is 41.6 Å². The molecule has 1 N–H and O–H groups in total. The Labute approximate surface area is 179 Å². The Morgan fingerprint density at radius 2 is 2.10 bits per heavy atom. The molecule has 156 valence electrons. The lowest BCUT2D eigenvalue weighted by atomic mass is 10.1. The van der Waals surface area contributed by atoms with Gasteiger partial charge in [-0.15, -0.1) is 0 Å². The molecule has 0 bridgehead atoms. The summed E-state index contributed by atoms with van der Waals surface area (Å²) in [4.78, 5) is 18.7. The molecular weight excluding hydrogens is 392 g/mol. The Morgan fingerprint density at radius 3 is 2.94 bits per heavy atom. The van der Waals surface area contributed by atoms with Crippen LogP contribution in [0.25, 0.3) is 16.9 Å². The quantitative estimate of drug-likeness (QED) is 0.389. The molecule has 0 amide bonds. The van der Waals surface area contributed by atoms with Crippen LogP contribution in [-0.2, 0) is 11.3 Å². The summed E-state index contributed by atoms with van der Waals surface area (Å²) in [5, 5.41) is 7.37. The zero-order valence-corrected chi connectivity index (χ0v) is 17.4. The van der Waals surface area contributed by atoms with E-state index < -0.39 is 0 Å². The second kappa shape index (κ2) is 8.06. The molecule has 1 aliphatic heterocycles. The van der Waals surface area contributed by atoms with Gasteiger partial charge in [-0.25, -0.2) is 15.0 Å². The van der Waals surface area contributed by atoms with Crippen molar-refractivity contribution in [2.24, 2.45) is 5.16 Å². The average Bonchev–Trinajstić information content (AvgIpc) is 3.28. The molecule has 0 fully saturated rings. The highest BCUT2D eigenvalue weighted by atomic mass is 16.6. The SMILES string of the molecule is CO/N=C(\C)c1ccc(Nc2nc(-c3cnc4c(c3)CCCO4)cn3ccnc23)cc1. The summed E-state index contributed by atoms with van der Waals surface area (Å²) in [7, 11) is 1.54. The van der Waals surface area contributed by atoms with Gasteiger partial charge in [-0.2, -0.15) is 0 Å². The molecule has 1 aromatic carbocycles. The van der Waals surface area contributed by atoms with Crippen molar-refractivity contribution in [1.82, 2.24) is 19.4 Å². The number of ether oxygens (including phenoxy) is 1. The lowest BCUT2D eigenvalue weighted by Crippen LogP contribution is -2.10. The molecule has 31 heavy (non-hydrogen) atoms. The van der Waals surface area contributed by atoms with Crippen molar-refractivity contribution in [2.75, 3.05) is 19.0 Å². The number of imidazole rings is 1. The lowest BCUT2D eigenvalue weighted by molar-refractivity contribution is 0.213. The number of hydrogen-bond acceptors (Lipinski definition) is 7. The minimum atomic E-state index is 0.673. The normalized spacial score (nSPS) is 13.5. The number of nitrogens with zero attached hydrogens (tertiary/aromatic N) is 5. The van der Waals surface area contributed by atoms with E-state index >= 15 is 0 Å². The summed E-state index contributed by atoms with van der Waals surface area (Å²) in [6, 6.07) is 10.1. The second-order valence-corrected chi connectivity index (χ2v) is 7.33. The molecular formula is C23H22N6O2. The second-order valence-electron chi connectivity index (χ2n) is 7.33. The first kappa shape index (κ1) is 19.0. The van der Waals surface area contributed by atoms with Crippen molar-refractivity contribution in [3.63, 3.8) is 0 Å². The van der Waals surface area contributed by atoms with Crippen LogP contribution in [0, 0.1) is 0 Å². The number of benzene rings is 1. The van der Waals surface area contributed by atoms with Gasteiger partial charge in [0.05, 0.1) is 18.0 Å². The molecule has 4 heterocycles. The van der Waals surface area contributed by atoms with Gasteiger partial charge in [0.25, 0.3) is 0 Å². The van der Waals surface area contributed by atoms with Crippen LogP contribution in [0.3, 0.4) is 0 Å². The van der Waals surface area contributed by atoms with Gasteiger partial charge >= 0.3 is 0 Å². The van der Waals surface area contributed by atoms with Crippen molar-refractivity contribution in [1.29, 1.82) is 0 Å². The van der Waals surface area contributed by atoms with Gasteiger partial charge in [0.15, 0.2) is 11.5 Å². The number of hydrogen-bond donors (Lipinski definition) is 1. The first-order valence-electron chi connectivity index (χ1n) is 10.1. The predicted octanol–water partition coefficient (Wildman–Crippen LogP) is 4.23. The number of oxime groups is 1. The van der Waals surface area contributed by atoms with Gasteiger partial charge in [-0.1, -0.05) is 17.3 Å². The lowest BCUT2D eigenvalue weighted by Gasteiger charge is -2.16. The van der Waals surface area contributed by atoms with Crippen LogP contribution in [0.2, 0.25) is 0 Å². The fourth-order valence-corrected chi connectivity index (χ4v) is 3.65. The van der Waals surface area contributed by atoms with Crippen LogP contribution < -0.4 is 10.1 Å².